The highest BCUT2D eigenvalue weighted by Gasteiger charge is 2.42. The summed E-state index contributed by atoms with van der Waals surface area (Å²) in [5, 5.41) is 8.70. The second-order valence-electron chi connectivity index (χ2n) is 8.72. The van der Waals surface area contributed by atoms with Crippen molar-refractivity contribution in [2.24, 2.45) is 0 Å². The Kier molecular flexibility index (Phi) is 6.93. The number of nitrogens with zero attached hydrogens (tertiary/aromatic N) is 2. The van der Waals surface area contributed by atoms with E-state index in [0.717, 1.165) is 37.1 Å². The molecule has 8 nitrogen and oxygen atoms in total. The van der Waals surface area contributed by atoms with Crippen LogP contribution < -0.4 is 20.9 Å². The number of benzene rings is 2. The molecule has 2 amide bonds. The lowest BCUT2D eigenvalue weighted by molar-refractivity contribution is -0.137. The number of nitrogens with one attached hydrogen (secondary N) is 3. The van der Waals surface area contributed by atoms with Crippen molar-refractivity contribution < 1.29 is 27.5 Å². The average molecular weight is 543 g/mol. The number of hydrogen-bond donors (Lipinski definition) is 3. The molecule has 2 aliphatic heterocycles. The number of rotatable bonds is 5. The van der Waals surface area contributed by atoms with Crippen molar-refractivity contribution in [3.63, 3.8) is 0 Å². The fourth-order valence-electron chi connectivity index (χ4n) is 4.29. The van der Waals surface area contributed by atoms with Crippen LogP contribution in [0.1, 0.15) is 28.4 Å². The molecule has 12 heteroatoms. The third-order valence-electron chi connectivity index (χ3n) is 6.05. The number of alkyl halides is 3. The van der Waals surface area contributed by atoms with Crippen LogP contribution in [0.2, 0.25) is 0 Å². The minimum atomic E-state index is -4.55. The lowest BCUT2D eigenvalue weighted by atomic mass is 10.1. The summed E-state index contributed by atoms with van der Waals surface area (Å²) >= 11 is 1.30. The molecule has 2 aromatic carbocycles. The van der Waals surface area contributed by atoms with Crippen molar-refractivity contribution in [3.05, 3.63) is 77.5 Å². The summed E-state index contributed by atoms with van der Waals surface area (Å²) < 4.78 is 44.7. The highest BCUT2D eigenvalue weighted by Crippen LogP contribution is 2.51. The van der Waals surface area contributed by atoms with Crippen LogP contribution >= 0.6 is 11.8 Å². The average Bonchev–Trinajstić information content (AvgIpc) is 3.27. The summed E-state index contributed by atoms with van der Waals surface area (Å²) in [4.78, 5) is 31.6. The van der Waals surface area contributed by atoms with E-state index in [1.54, 1.807) is 24.4 Å². The molecule has 1 radical (unpaired) electrons. The van der Waals surface area contributed by atoms with Gasteiger partial charge in [-0.3, -0.25) is 9.59 Å². The van der Waals surface area contributed by atoms with Gasteiger partial charge in [0, 0.05) is 48.4 Å². The van der Waals surface area contributed by atoms with Crippen molar-refractivity contribution in [1.29, 1.82) is 0 Å². The van der Waals surface area contributed by atoms with Crippen molar-refractivity contribution >= 4 is 40.8 Å². The second-order valence-corrected chi connectivity index (χ2v) is 9.97. The molecular formula is C26H23F3N5O3S. The quantitative estimate of drug-likeness (QED) is 0.439. The number of aromatic nitrogens is 1. The van der Waals surface area contributed by atoms with E-state index in [-0.39, 0.29) is 17.2 Å². The molecule has 0 bridgehead atoms. The van der Waals surface area contributed by atoms with Gasteiger partial charge in [0.15, 0.2) is 4.99 Å². The molecule has 3 heterocycles. The molecule has 1 aromatic heterocycles. The fourth-order valence-corrected chi connectivity index (χ4v) is 5.61. The van der Waals surface area contributed by atoms with Gasteiger partial charge in [-0.2, -0.15) is 13.2 Å². The lowest BCUT2D eigenvalue weighted by Crippen LogP contribution is -2.46. The zero-order valence-corrected chi connectivity index (χ0v) is 21.0. The van der Waals surface area contributed by atoms with E-state index >= 15 is 0 Å². The van der Waals surface area contributed by atoms with Gasteiger partial charge in [-0.1, -0.05) is 23.9 Å². The fraction of sp³-hybridized carbons (Fsp3) is 0.269. The van der Waals surface area contributed by atoms with E-state index in [0.29, 0.717) is 29.4 Å². The van der Waals surface area contributed by atoms with Crippen molar-refractivity contribution in [1.82, 2.24) is 10.3 Å². The van der Waals surface area contributed by atoms with Crippen LogP contribution in [0.5, 0.6) is 0 Å². The number of carbonyl (C=O) groups is 2. The maximum Gasteiger partial charge on any atom is 0.416 e. The number of para-hydroxylation sites is 1. The van der Waals surface area contributed by atoms with Crippen molar-refractivity contribution in [3.8, 4) is 0 Å². The Balaban J connectivity index is 1.42. The first-order chi connectivity index (χ1) is 18.1. The normalized spacial score (nSPS) is 18.9. The number of fused-ring (bicyclic) bond motifs is 1. The van der Waals surface area contributed by atoms with E-state index < -0.39 is 22.6 Å². The van der Waals surface area contributed by atoms with Crippen molar-refractivity contribution in [2.75, 3.05) is 41.8 Å². The number of halogens is 3. The molecular weight excluding hydrogens is 519 g/mol. The first kappa shape index (κ1) is 25.9. The minimum Gasteiger partial charge on any atom is -0.378 e. The lowest BCUT2D eigenvalue weighted by Gasteiger charge is -2.31. The SMILES string of the molecule is CC(=O)NC1(c2ccc(N3CCOCC3)nc2)Nc2c(cccc2C(=O)Nc2[c]ccc(C(F)(F)F)c2)S1. The minimum absolute atomic E-state index is 0.107. The highest BCUT2D eigenvalue weighted by molar-refractivity contribution is 8.00. The summed E-state index contributed by atoms with van der Waals surface area (Å²) in [5.74, 6) is -0.141. The zero-order chi connectivity index (χ0) is 26.9. The number of morpholine rings is 1. The summed E-state index contributed by atoms with van der Waals surface area (Å²) in [6.07, 6.45) is -2.88. The van der Waals surface area contributed by atoms with Crippen LogP contribution in [0.25, 0.3) is 0 Å². The standard InChI is InChI=1S/C26H23F3N5O3S/c1-16(35)32-26(18-8-9-22(30-15-18)34-10-12-37-13-11-34)33-23-20(6-3-7-21(23)38-26)24(36)31-19-5-2-4-17(14-19)25(27,28)29/h2-4,6-9,14-15,33H,10-13H2,1H3,(H,31,36)(H,32,35). The third-order valence-corrected chi connectivity index (χ3v) is 7.36. The Morgan fingerprint density at radius 2 is 1.97 bits per heavy atom. The number of carbonyl (C=O) groups excluding carboxylic acids is 2. The number of thioether (sulfide) groups is 1. The van der Waals surface area contributed by atoms with Crippen LogP contribution in [0.3, 0.4) is 0 Å². The smallest absolute Gasteiger partial charge is 0.378 e. The van der Waals surface area contributed by atoms with E-state index in [1.165, 1.54) is 18.7 Å². The van der Waals surface area contributed by atoms with Gasteiger partial charge in [-0.05, 0) is 36.4 Å². The Morgan fingerprint density at radius 3 is 2.66 bits per heavy atom. The number of amides is 2. The number of ether oxygens (including phenoxy) is 1. The molecule has 1 fully saturated rings. The molecule has 3 aromatic rings. The molecule has 1 saturated heterocycles. The van der Waals surface area contributed by atoms with Gasteiger partial charge in [0.05, 0.1) is 30.0 Å². The topological polar surface area (TPSA) is 95.6 Å². The third kappa shape index (κ3) is 5.27. The molecule has 0 saturated carbocycles. The van der Waals surface area contributed by atoms with Crippen LogP contribution in [-0.4, -0.2) is 43.1 Å². The van der Waals surface area contributed by atoms with Gasteiger partial charge >= 0.3 is 6.18 Å². The zero-order valence-electron chi connectivity index (χ0n) is 20.2. The molecule has 197 valence electrons. The van der Waals surface area contributed by atoms with Gasteiger partial charge in [0.2, 0.25) is 5.91 Å². The largest absolute Gasteiger partial charge is 0.416 e. The molecule has 1 atom stereocenters. The highest BCUT2D eigenvalue weighted by atomic mass is 32.2. The molecule has 3 N–H and O–H groups in total. The van der Waals surface area contributed by atoms with E-state index in [9.17, 15) is 22.8 Å². The van der Waals surface area contributed by atoms with Gasteiger partial charge in [-0.15, -0.1) is 0 Å². The Morgan fingerprint density at radius 1 is 1.18 bits per heavy atom. The molecule has 0 spiro atoms. The number of pyridine rings is 1. The predicted octanol–water partition coefficient (Wildman–Crippen LogP) is 4.45. The molecule has 2 aliphatic rings. The van der Waals surface area contributed by atoms with Gasteiger partial charge in [-0.25, -0.2) is 4.98 Å². The Bertz CT molecular complexity index is 1360. The van der Waals surface area contributed by atoms with Gasteiger partial charge in [0.1, 0.15) is 5.82 Å². The molecule has 38 heavy (non-hydrogen) atoms. The van der Waals surface area contributed by atoms with E-state index in [1.807, 2.05) is 12.1 Å². The molecule has 5 rings (SSSR count). The monoisotopic (exact) mass is 542 g/mol. The summed E-state index contributed by atoms with van der Waals surface area (Å²) in [7, 11) is 0. The summed E-state index contributed by atoms with van der Waals surface area (Å²) in [6.45, 7) is 4.08. The summed E-state index contributed by atoms with van der Waals surface area (Å²) in [5.41, 5.74) is 0.294. The van der Waals surface area contributed by atoms with E-state index in [4.69, 9.17) is 4.74 Å². The molecule has 0 aliphatic carbocycles. The first-order valence-corrected chi connectivity index (χ1v) is 12.5. The van der Waals surface area contributed by atoms with Crippen molar-refractivity contribution in [2.45, 2.75) is 23.0 Å². The maximum absolute atomic E-state index is 13.1. The predicted molar refractivity (Wildman–Crippen MR) is 137 cm³/mol. The summed E-state index contributed by atoms with van der Waals surface area (Å²) in [6, 6.07) is 14.2. The van der Waals surface area contributed by atoms with Crippen LogP contribution in [0.15, 0.2) is 59.6 Å². The first-order valence-electron chi connectivity index (χ1n) is 11.7. The van der Waals surface area contributed by atoms with Crippen LogP contribution in [-0.2, 0) is 20.7 Å². The van der Waals surface area contributed by atoms with Crippen LogP contribution in [0.4, 0.5) is 30.4 Å². The Labute approximate surface area is 221 Å². The Hall–Kier alpha value is -3.77. The van der Waals surface area contributed by atoms with E-state index in [2.05, 4.69) is 31.9 Å². The second kappa shape index (κ2) is 10.2. The van der Waals surface area contributed by atoms with Gasteiger partial charge in [0.25, 0.3) is 5.91 Å². The maximum atomic E-state index is 13.1. The van der Waals surface area contributed by atoms with Crippen LogP contribution in [0, 0.1) is 6.07 Å². The number of hydrogen-bond acceptors (Lipinski definition) is 7. The number of anilines is 3. The van der Waals surface area contributed by atoms with Gasteiger partial charge < -0.3 is 25.6 Å². The molecule has 1 unspecified atom stereocenters.